The van der Waals surface area contributed by atoms with Gasteiger partial charge in [-0.3, -0.25) is 0 Å². The minimum absolute atomic E-state index is 0.0569. The number of halogens is 4. The van der Waals surface area contributed by atoms with E-state index >= 15 is 0 Å². The van der Waals surface area contributed by atoms with Gasteiger partial charge in [0, 0.05) is 10.9 Å². The molecule has 108 valence electrons. The maximum absolute atomic E-state index is 13.9. The Morgan fingerprint density at radius 2 is 1.55 bits per heavy atom. The first-order chi connectivity index (χ1) is 10.6. The van der Waals surface area contributed by atoms with Crippen molar-refractivity contribution in [2.24, 2.45) is 0 Å². The zero-order valence-electron chi connectivity index (χ0n) is 11.0. The van der Waals surface area contributed by atoms with Gasteiger partial charge in [0.1, 0.15) is 0 Å². The van der Waals surface area contributed by atoms with E-state index in [-0.39, 0.29) is 5.69 Å². The van der Waals surface area contributed by atoms with Gasteiger partial charge in [0.2, 0.25) is 0 Å². The molecule has 22 heavy (non-hydrogen) atoms. The molecule has 0 fully saturated rings. The molecule has 0 amide bonds. The van der Waals surface area contributed by atoms with E-state index in [4.69, 9.17) is 0 Å². The van der Waals surface area contributed by atoms with Gasteiger partial charge in [0.05, 0.1) is 11.2 Å². The van der Waals surface area contributed by atoms with Crippen molar-refractivity contribution >= 4 is 23.1 Å². The van der Waals surface area contributed by atoms with Gasteiger partial charge in [-0.25, -0.2) is 22.5 Å². The molecule has 0 N–H and O–H groups in total. The quantitative estimate of drug-likeness (QED) is 0.275. The number of pyridine rings is 1. The molecule has 0 aliphatic heterocycles. The molecule has 4 rings (SSSR count). The van der Waals surface area contributed by atoms with Crippen LogP contribution in [0.25, 0.3) is 34.3 Å². The van der Waals surface area contributed by atoms with Gasteiger partial charge in [-0.2, -0.15) is 0 Å². The number of hydrogen-bond donors (Lipinski definition) is 0. The third-order valence-corrected chi connectivity index (χ3v) is 3.72. The average Bonchev–Trinajstić information content (AvgIpc) is 2.94. The minimum atomic E-state index is -1.84. The van der Waals surface area contributed by atoms with Crippen LogP contribution in [0, 0.1) is 23.3 Å². The van der Waals surface area contributed by atoms with Crippen molar-refractivity contribution in [1.82, 2.24) is 4.98 Å². The van der Waals surface area contributed by atoms with E-state index in [0.29, 0.717) is 11.6 Å². The van der Waals surface area contributed by atoms with Crippen molar-refractivity contribution < 1.29 is 17.6 Å². The van der Waals surface area contributed by atoms with Gasteiger partial charge in [0.15, 0.2) is 23.3 Å². The average molecular weight is 301 g/mol. The Morgan fingerprint density at radius 3 is 2.36 bits per heavy atom. The first-order valence-electron chi connectivity index (χ1n) is 6.51. The number of rotatable bonds is 1. The third kappa shape index (κ3) is 1.68. The maximum atomic E-state index is 13.9. The lowest BCUT2D eigenvalue weighted by molar-refractivity contribution is 0.410. The van der Waals surface area contributed by atoms with Gasteiger partial charge in [-0.05, 0) is 29.3 Å². The summed E-state index contributed by atoms with van der Waals surface area (Å²) in [5, 5.41) is 0.898. The summed E-state index contributed by atoms with van der Waals surface area (Å²) in [6, 6.07) is 7.58. The second-order valence-electron chi connectivity index (χ2n) is 5.02. The lowest BCUT2D eigenvalue weighted by atomic mass is 10.0. The summed E-state index contributed by atoms with van der Waals surface area (Å²) in [4.78, 5) is 4.24. The zero-order valence-corrected chi connectivity index (χ0v) is 11.0. The van der Waals surface area contributed by atoms with Gasteiger partial charge >= 0.3 is 0 Å². The second kappa shape index (κ2) is 4.40. The van der Waals surface area contributed by atoms with Crippen molar-refractivity contribution in [3.8, 4) is 11.3 Å². The van der Waals surface area contributed by atoms with Gasteiger partial charge in [-0.15, -0.1) is 0 Å². The fraction of sp³-hybridized carbons (Fsp3) is 0. The van der Waals surface area contributed by atoms with E-state index in [2.05, 4.69) is 4.98 Å². The molecule has 0 saturated heterocycles. The summed E-state index contributed by atoms with van der Waals surface area (Å²) in [5.74, 6) is -6.56. The van der Waals surface area contributed by atoms with Crippen molar-refractivity contribution in [2.45, 2.75) is 0 Å². The highest BCUT2D eigenvalue weighted by atomic mass is 19.2. The summed E-state index contributed by atoms with van der Waals surface area (Å²) in [5.41, 5.74) is 1.99. The molecule has 1 aliphatic rings. The zero-order chi connectivity index (χ0) is 15.4. The van der Waals surface area contributed by atoms with Gasteiger partial charge in [-0.1, -0.05) is 24.3 Å². The van der Waals surface area contributed by atoms with E-state index < -0.39 is 28.8 Å². The van der Waals surface area contributed by atoms with Crippen LogP contribution in [0.1, 0.15) is 11.1 Å². The molecular formula is C17H7F4N. The highest BCUT2D eigenvalue weighted by Gasteiger charge is 2.22. The molecule has 3 aromatic rings. The first-order valence-corrected chi connectivity index (χ1v) is 6.51. The molecule has 1 heterocycles. The lowest BCUT2D eigenvalue weighted by Gasteiger charge is -2.08. The van der Waals surface area contributed by atoms with E-state index in [1.165, 1.54) is 6.07 Å². The monoisotopic (exact) mass is 301 g/mol. The standard InChI is InChI=1S/C17H7F4N/c18-11-7-10(15(19)17(21)16(11)20)13-6-9-5-4-8-2-1-3-12(22-13)14(8)9/h1-7H. The molecule has 2 aromatic carbocycles. The fourth-order valence-electron chi connectivity index (χ4n) is 2.69. The molecule has 1 nitrogen and oxygen atoms in total. The lowest BCUT2D eigenvalue weighted by Crippen LogP contribution is -2.00. The van der Waals surface area contributed by atoms with Crippen LogP contribution >= 0.6 is 0 Å². The van der Waals surface area contributed by atoms with E-state index in [1.807, 2.05) is 18.2 Å². The van der Waals surface area contributed by atoms with Crippen molar-refractivity contribution in [1.29, 1.82) is 0 Å². The predicted molar refractivity (Wildman–Crippen MR) is 75.9 cm³/mol. The topological polar surface area (TPSA) is 12.9 Å². The molecule has 0 radical (unpaired) electrons. The van der Waals surface area contributed by atoms with Crippen LogP contribution in [-0.2, 0) is 0 Å². The summed E-state index contributed by atoms with van der Waals surface area (Å²) in [6.45, 7) is 0. The minimum Gasteiger partial charge on any atom is -0.248 e. The Hall–Kier alpha value is -2.69. The van der Waals surface area contributed by atoms with Crippen molar-refractivity contribution in [2.75, 3.05) is 0 Å². The molecule has 0 atom stereocenters. The fourth-order valence-corrected chi connectivity index (χ4v) is 2.69. The SMILES string of the molecule is Fc1cc(-c2cc3c4c(cccc4n2)C=C3)c(F)c(F)c1F. The normalized spacial score (nSPS) is 12.4. The summed E-state index contributed by atoms with van der Waals surface area (Å²) in [7, 11) is 0. The Balaban J connectivity index is 2.04. The molecule has 1 aliphatic carbocycles. The molecule has 0 bridgehead atoms. The number of aromatic nitrogens is 1. The Kier molecular flexibility index (Phi) is 2.60. The Labute approximate surface area is 122 Å². The maximum Gasteiger partial charge on any atom is 0.198 e. The summed E-state index contributed by atoms with van der Waals surface area (Å²) in [6.07, 6.45) is 3.70. The van der Waals surface area contributed by atoms with Crippen LogP contribution in [0.3, 0.4) is 0 Å². The predicted octanol–water partition coefficient (Wildman–Crippen LogP) is 4.94. The van der Waals surface area contributed by atoms with Crippen molar-refractivity contribution in [3.05, 3.63) is 64.7 Å². The van der Waals surface area contributed by atoms with Crippen molar-refractivity contribution in [3.63, 3.8) is 0 Å². The molecule has 5 heteroatoms. The number of benzene rings is 2. The van der Waals surface area contributed by atoms with E-state index in [9.17, 15) is 17.6 Å². The Bertz CT molecular complexity index is 976. The largest absolute Gasteiger partial charge is 0.248 e. The smallest absolute Gasteiger partial charge is 0.198 e. The van der Waals surface area contributed by atoms with E-state index in [0.717, 1.165) is 16.5 Å². The first kappa shape index (κ1) is 13.0. The van der Waals surface area contributed by atoms with Crippen LogP contribution < -0.4 is 0 Å². The molecule has 0 spiro atoms. The number of nitrogens with zero attached hydrogens (tertiary/aromatic N) is 1. The van der Waals surface area contributed by atoms with Crippen LogP contribution in [0.4, 0.5) is 17.6 Å². The second-order valence-corrected chi connectivity index (χ2v) is 5.02. The van der Waals surface area contributed by atoms with Crippen LogP contribution in [0.2, 0.25) is 0 Å². The van der Waals surface area contributed by atoms with Gasteiger partial charge in [0.25, 0.3) is 0 Å². The Morgan fingerprint density at radius 1 is 0.773 bits per heavy atom. The molecule has 1 aromatic heterocycles. The third-order valence-electron chi connectivity index (χ3n) is 3.72. The summed E-state index contributed by atoms with van der Waals surface area (Å²) < 4.78 is 53.8. The molecule has 0 saturated carbocycles. The van der Waals surface area contributed by atoms with Crippen LogP contribution in [0.15, 0.2) is 30.3 Å². The summed E-state index contributed by atoms with van der Waals surface area (Å²) >= 11 is 0. The molecule has 0 unspecified atom stereocenters. The van der Waals surface area contributed by atoms with E-state index in [1.54, 1.807) is 12.1 Å². The molecular weight excluding hydrogens is 294 g/mol. The van der Waals surface area contributed by atoms with Crippen LogP contribution in [0.5, 0.6) is 0 Å². The highest BCUT2D eigenvalue weighted by Crippen LogP contribution is 2.34. The van der Waals surface area contributed by atoms with Gasteiger partial charge < -0.3 is 0 Å². The number of hydrogen-bond acceptors (Lipinski definition) is 1. The highest BCUT2D eigenvalue weighted by molar-refractivity contribution is 6.04. The van der Waals surface area contributed by atoms with Crippen LogP contribution in [-0.4, -0.2) is 4.98 Å².